The van der Waals surface area contributed by atoms with Crippen molar-refractivity contribution in [3.8, 4) is 0 Å². The zero-order chi connectivity index (χ0) is 12.8. The Morgan fingerprint density at radius 3 is 2.89 bits per heavy atom. The summed E-state index contributed by atoms with van der Waals surface area (Å²) in [5.74, 6) is 0.763. The van der Waals surface area contributed by atoms with Gasteiger partial charge in [-0.25, -0.2) is 4.98 Å². The van der Waals surface area contributed by atoms with Gasteiger partial charge in [0.05, 0.1) is 4.88 Å². The molecule has 0 aliphatic heterocycles. The lowest BCUT2D eigenvalue weighted by molar-refractivity contribution is 0.0959. The standard InChI is InChI=1S/C12H12BrN3OS/c13-9-3-4-11(16-8-9)14-5-6-15-12(17)10-2-1-7-18-10/h1-4,7-8H,5-6H2,(H,14,16)(H,15,17). The number of amides is 1. The highest BCUT2D eigenvalue weighted by Crippen LogP contribution is 2.10. The first-order valence-electron chi connectivity index (χ1n) is 5.43. The first-order valence-corrected chi connectivity index (χ1v) is 7.10. The molecule has 0 spiro atoms. The van der Waals surface area contributed by atoms with E-state index in [0.29, 0.717) is 13.1 Å². The third kappa shape index (κ3) is 3.82. The summed E-state index contributed by atoms with van der Waals surface area (Å²) >= 11 is 4.76. The number of carbonyl (C=O) groups excluding carboxylic acids is 1. The number of halogens is 1. The molecule has 2 heterocycles. The van der Waals surface area contributed by atoms with E-state index in [-0.39, 0.29) is 5.91 Å². The molecule has 0 saturated heterocycles. The number of aromatic nitrogens is 1. The van der Waals surface area contributed by atoms with Crippen LogP contribution in [0.25, 0.3) is 0 Å². The zero-order valence-electron chi connectivity index (χ0n) is 9.52. The van der Waals surface area contributed by atoms with E-state index in [1.807, 2.05) is 29.6 Å². The van der Waals surface area contributed by atoms with E-state index in [2.05, 4.69) is 31.5 Å². The summed E-state index contributed by atoms with van der Waals surface area (Å²) in [6, 6.07) is 7.47. The van der Waals surface area contributed by atoms with E-state index in [9.17, 15) is 4.79 Å². The van der Waals surface area contributed by atoms with Gasteiger partial charge in [0.25, 0.3) is 5.91 Å². The highest BCUT2D eigenvalue weighted by Gasteiger charge is 2.04. The third-order valence-electron chi connectivity index (χ3n) is 2.19. The molecule has 0 unspecified atom stereocenters. The van der Waals surface area contributed by atoms with Crippen molar-refractivity contribution in [1.29, 1.82) is 0 Å². The van der Waals surface area contributed by atoms with Crippen LogP contribution >= 0.6 is 27.3 Å². The Hall–Kier alpha value is -1.40. The third-order valence-corrected chi connectivity index (χ3v) is 3.53. The quantitative estimate of drug-likeness (QED) is 0.831. The van der Waals surface area contributed by atoms with E-state index in [1.54, 1.807) is 6.20 Å². The van der Waals surface area contributed by atoms with E-state index < -0.39 is 0 Å². The normalized spacial score (nSPS) is 10.1. The number of hydrogen-bond acceptors (Lipinski definition) is 4. The van der Waals surface area contributed by atoms with E-state index in [1.165, 1.54) is 11.3 Å². The summed E-state index contributed by atoms with van der Waals surface area (Å²) < 4.78 is 0.944. The predicted molar refractivity (Wildman–Crippen MR) is 77.1 cm³/mol. The van der Waals surface area contributed by atoms with Gasteiger partial charge in [0.15, 0.2) is 0 Å². The Kier molecular flexibility index (Phi) is 4.72. The Morgan fingerprint density at radius 1 is 1.33 bits per heavy atom. The number of nitrogens with zero attached hydrogens (tertiary/aromatic N) is 1. The van der Waals surface area contributed by atoms with Crippen LogP contribution in [0.4, 0.5) is 5.82 Å². The lowest BCUT2D eigenvalue weighted by Gasteiger charge is -2.06. The van der Waals surface area contributed by atoms with Gasteiger partial charge < -0.3 is 10.6 Å². The molecule has 0 atom stereocenters. The summed E-state index contributed by atoms with van der Waals surface area (Å²) in [6.45, 7) is 1.21. The SMILES string of the molecule is O=C(NCCNc1ccc(Br)cn1)c1cccs1. The highest BCUT2D eigenvalue weighted by molar-refractivity contribution is 9.10. The van der Waals surface area contributed by atoms with Gasteiger partial charge in [-0.05, 0) is 39.5 Å². The van der Waals surface area contributed by atoms with Crippen LogP contribution in [-0.4, -0.2) is 24.0 Å². The van der Waals surface area contributed by atoms with Gasteiger partial charge in [-0.3, -0.25) is 4.79 Å². The molecule has 2 rings (SSSR count). The highest BCUT2D eigenvalue weighted by atomic mass is 79.9. The van der Waals surface area contributed by atoms with E-state index in [4.69, 9.17) is 0 Å². The van der Waals surface area contributed by atoms with Crippen LogP contribution in [0.15, 0.2) is 40.3 Å². The van der Waals surface area contributed by atoms with Crippen LogP contribution in [0.3, 0.4) is 0 Å². The minimum absolute atomic E-state index is 0.0319. The van der Waals surface area contributed by atoms with Gasteiger partial charge in [0.1, 0.15) is 5.82 Å². The Morgan fingerprint density at radius 2 is 2.22 bits per heavy atom. The second-order valence-corrected chi connectivity index (χ2v) is 5.39. The summed E-state index contributed by atoms with van der Waals surface area (Å²) in [7, 11) is 0. The molecule has 4 nitrogen and oxygen atoms in total. The van der Waals surface area contributed by atoms with E-state index >= 15 is 0 Å². The molecule has 0 radical (unpaired) electrons. The van der Waals surface area contributed by atoms with Crippen molar-refractivity contribution >= 4 is 39.0 Å². The second kappa shape index (κ2) is 6.51. The molecule has 2 aromatic heterocycles. The lowest BCUT2D eigenvalue weighted by atomic mass is 10.4. The van der Waals surface area contributed by atoms with Crippen LogP contribution in [0.5, 0.6) is 0 Å². The van der Waals surface area contributed by atoms with Crippen molar-refractivity contribution in [2.24, 2.45) is 0 Å². The molecule has 0 aliphatic carbocycles. The average molecular weight is 326 g/mol. The number of carbonyl (C=O) groups is 1. The summed E-state index contributed by atoms with van der Waals surface area (Å²) in [5, 5.41) is 7.86. The Labute approximate surface area is 118 Å². The average Bonchev–Trinajstić information content (AvgIpc) is 2.90. The fraction of sp³-hybridized carbons (Fsp3) is 0.167. The van der Waals surface area contributed by atoms with Crippen LogP contribution in [-0.2, 0) is 0 Å². The topological polar surface area (TPSA) is 54.0 Å². The molecule has 94 valence electrons. The molecule has 2 aromatic rings. The molecule has 0 bridgehead atoms. The van der Waals surface area contributed by atoms with Gasteiger partial charge in [0.2, 0.25) is 0 Å². The number of hydrogen-bond donors (Lipinski definition) is 2. The van der Waals surface area contributed by atoms with Gasteiger partial charge >= 0.3 is 0 Å². The molecular formula is C12H12BrN3OS. The largest absolute Gasteiger partial charge is 0.368 e. The summed E-state index contributed by atoms with van der Waals surface area (Å²) in [4.78, 5) is 16.5. The predicted octanol–water partition coefficient (Wildman–Crippen LogP) is 2.75. The molecule has 0 aromatic carbocycles. The Balaban J connectivity index is 1.70. The van der Waals surface area contributed by atoms with Crippen molar-refractivity contribution in [3.05, 3.63) is 45.2 Å². The number of pyridine rings is 1. The van der Waals surface area contributed by atoms with Crippen molar-refractivity contribution < 1.29 is 4.79 Å². The minimum atomic E-state index is -0.0319. The molecular weight excluding hydrogens is 314 g/mol. The summed E-state index contributed by atoms with van der Waals surface area (Å²) in [6.07, 6.45) is 1.73. The van der Waals surface area contributed by atoms with Gasteiger partial charge in [-0.1, -0.05) is 6.07 Å². The molecule has 6 heteroatoms. The lowest BCUT2D eigenvalue weighted by Crippen LogP contribution is -2.28. The van der Waals surface area contributed by atoms with Crippen LogP contribution in [0.1, 0.15) is 9.67 Å². The Bertz CT molecular complexity index is 499. The maximum Gasteiger partial charge on any atom is 0.261 e. The number of thiophene rings is 1. The molecule has 2 N–H and O–H groups in total. The number of rotatable bonds is 5. The minimum Gasteiger partial charge on any atom is -0.368 e. The van der Waals surface area contributed by atoms with Gasteiger partial charge in [-0.15, -0.1) is 11.3 Å². The van der Waals surface area contributed by atoms with E-state index in [0.717, 1.165) is 15.2 Å². The fourth-order valence-corrected chi connectivity index (χ4v) is 2.22. The molecule has 0 saturated carbocycles. The molecule has 0 fully saturated rings. The maximum absolute atomic E-state index is 11.6. The maximum atomic E-state index is 11.6. The number of anilines is 1. The van der Waals surface area contributed by atoms with Crippen molar-refractivity contribution in [2.75, 3.05) is 18.4 Å². The summed E-state index contributed by atoms with van der Waals surface area (Å²) in [5.41, 5.74) is 0. The molecule has 18 heavy (non-hydrogen) atoms. The van der Waals surface area contributed by atoms with Gasteiger partial charge in [-0.2, -0.15) is 0 Å². The van der Waals surface area contributed by atoms with Crippen molar-refractivity contribution in [1.82, 2.24) is 10.3 Å². The smallest absolute Gasteiger partial charge is 0.261 e. The van der Waals surface area contributed by atoms with Crippen LogP contribution in [0, 0.1) is 0 Å². The molecule has 1 amide bonds. The zero-order valence-corrected chi connectivity index (χ0v) is 11.9. The van der Waals surface area contributed by atoms with Crippen LogP contribution in [0.2, 0.25) is 0 Å². The second-order valence-electron chi connectivity index (χ2n) is 3.52. The van der Waals surface area contributed by atoms with Crippen LogP contribution < -0.4 is 10.6 Å². The number of nitrogens with one attached hydrogen (secondary N) is 2. The van der Waals surface area contributed by atoms with Crippen molar-refractivity contribution in [2.45, 2.75) is 0 Å². The first-order chi connectivity index (χ1) is 8.75. The van der Waals surface area contributed by atoms with Gasteiger partial charge in [0, 0.05) is 23.8 Å². The molecule has 0 aliphatic rings. The monoisotopic (exact) mass is 325 g/mol. The van der Waals surface area contributed by atoms with Crippen molar-refractivity contribution in [3.63, 3.8) is 0 Å². The fourth-order valence-electron chi connectivity index (χ4n) is 1.34. The first kappa shape index (κ1) is 13.0.